The lowest BCUT2D eigenvalue weighted by Crippen LogP contribution is -2.46. The van der Waals surface area contributed by atoms with Gasteiger partial charge in [-0.1, -0.05) is 64.7 Å². The Bertz CT molecular complexity index is 234. The zero-order valence-corrected chi connectivity index (χ0v) is 14.4. The van der Waals surface area contributed by atoms with Gasteiger partial charge in [0, 0.05) is 12.1 Å². The fourth-order valence-corrected chi connectivity index (χ4v) is 4.08. The molecule has 1 aliphatic carbocycles. The van der Waals surface area contributed by atoms with E-state index in [0.717, 1.165) is 12.1 Å². The molecule has 124 valence electrons. The van der Waals surface area contributed by atoms with Crippen molar-refractivity contribution in [1.29, 1.82) is 0 Å². The second kappa shape index (κ2) is 10.6. The van der Waals surface area contributed by atoms with E-state index in [2.05, 4.69) is 17.1 Å². The lowest BCUT2D eigenvalue weighted by Gasteiger charge is -2.34. The van der Waals surface area contributed by atoms with Crippen LogP contribution in [0, 0.1) is 0 Å². The predicted octanol–water partition coefficient (Wildman–Crippen LogP) is 4.73. The van der Waals surface area contributed by atoms with Crippen LogP contribution in [-0.2, 0) is 0 Å². The van der Waals surface area contributed by atoms with Crippen LogP contribution in [0.1, 0.15) is 90.4 Å². The highest BCUT2D eigenvalue weighted by Crippen LogP contribution is 2.19. The first kappa shape index (κ1) is 17.3. The SMILES string of the molecule is CCN1CCC(NC2CCCCCCCCCCC2)CC1. The van der Waals surface area contributed by atoms with Crippen molar-refractivity contribution in [3.8, 4) is 0 Å². The van der Waals surface area contributed by atoms with Crippen LogP contribution in [0.2, 0.25) is 0 Å². The van der Waals surface area contributed by atoms with Crippen molar-refractivity contribution in [1.82, 2.24) is 10.2 Å². The van der Waals surface area contributed by atoms with E-state index in [0.29, 0.717) is 0 Å². The molecule has 0 spiro atoms. The van der Waals surface area contributed by atoms with Gasteiger partial charge < -0.3 is 10.2 Å². The highest BCUT2D eigenvalue weighted by molar-refractivity contribution is 4.80. The van der Waals surface area contributed by atoms with Crippen molar-refractivity contribution in [2.45, 2.75) is 102 Å². The summed E-state index contributed by atoms with van der Waals surface area (Å²) in [5.74, 6) is 0. The van der Waals surface area contributed by atoms with Gasteiger partial charge in [0.25, 0.3) is 0 Å². The largest absolute Gasteiger partial charge is 0.311 e. The number of nitrogens with one attached hydrogen (secondary N) is 1. The highest BCUT2D eigenvalue weighted by atomic mass is 15.1. The first-order chi connectivity index (χ1) is 10.4. The molecule has 1 heterocycles. The van der Waals surface area contributed by atoms with Crippen LogP contribution in [0.15, 0.2) is 0 Å². The van der Waals surface area contributed by atoms with Crippen LogP contribution in [0.25, 0.3) is 0 Å². The summed E-state index contributed by atoms with van der Waals surface area (Å²) in [4.78, 5) is 2.60. The summed E-state index contributed by atoms with van der Waals surface area (Å²) in [5.41, 5.74) is 0. The molecular formula is C19H38N2. The summed E-state index contributed by atoms with van der Waals surface area (Å²) in [6.45, 7) is 6.14. The maximum absolute atomic E-state index is 4.03. The summed E-state index contributed by atoms with van der Waals surface area (Å²) >= 11 is 0. The van der Waals surface area contributed by atoms with E-state index in [4.69, 9.17) is 0 Å². The third kappa shape index (κ3) is 7.15. The first-order valence-electron chi connectivity index (χ1n) is 9.87. The van der Waals surface area contributed by atoms with E-state index < -0.39 is 0 Å². The van der Waals surface area contributed by atoms with Crippen molar-refractivity contribution in [2.75, 3.05) is 19.6 Å². The van der Waals surface area contributed by atoms with Gasteiger partial charge in [0.05, 0.1) is 0 Å². The minimum absolute atomic E-state index is 0.797. The van der Waals surface area contributed by atoms with E-state index >= 15 is 0 Å². The van der Waals surface area contributed by atoms with E-state index in [1.165, 1.54) is 103 Å². The van der Waals surface area contributed by atoms with Gasteiger partial charge in [-0.15, -0.1) is 0 Å². The maximum Gasteiger partial charge on any atom is 0.00940 e. The summed E-state index contributed by atoms with van der Waals surface area (Å²) in [7, 11) is 0. The summed E-state index contributed by atoms with van der Waals surface area (Å²) in [6, 6.07) is 1.60. The molecule has 0 bridgehead atoms. The standard InChI is InChI=1S/C19H38N2/c1-2-21-16-14-19(15-17-21)20-18-12-10-8-6-4-3-5-7-9-11-13-18/h18-20H,2-17H2,1H3. The molecule has 0 unspecified atom stereocenters. The molecule has 21 heavy (non-hydrogen) atoms. The summed E-state index contributed by atoms with van der Waals surface area (Å²) < 4.78 is 0. The fourth-order valence-electron chi connectivity index (χ4n) is 4.08. The van der Waals surface area contributed by atoms with Gasteiger partial charge in [0.1, 0.15) is 0 Å². The molecule has 2 rings (SSSR count). The van der Waals surface area contributed by atoms with Gasteiger partial charge in [0.15, 0.2) is 0 Å². The Kier molecular flexibility index (Phi) is 8.73. The van der Waals surface area contributed by atoms with Crippen LogP contribution < -0.4 is 5.32 Å². The van der Waals surface area contributed by atoms with Gasteiger partial charge >= 0.3 is 0 Å². The smallest absolute Gasteiger partial charge is 0.00940 e. The molecule has 2 aliphatic rings. The molecule has 0 aromatic heterocycles. The third-order valence-corrected chi connectivity index (χ3v) is 5.61. The quantitative estimate of drug-likeness (QED) is 0.809. The summed E-state index contributed by atoms with van der Waals surface area (Å²) in [5, 5.41) is 4.03. The van der Waals surface area contributed by atoms with E-state index in [-0.39, 0.29) is 0 Å². The molecular weight excluding hydrogens is 256 g/mol. The average Bonchev–Trinajstić information content (AvgIpc) is 2.51. The number of piperidine rings is 1. The van der Waals surface area contributed by atoms with Crippen LogP contribution in [0.3, 0.4) is 0 Å². The van der Waals surface area contributed by atoms with E-state index in [1.54, 1.807) is 0 Å². The zero-order chi connectivity index (χ0) is 14.8. The molecule has 0 amide bonds. The van der Waals surface area contributed by atoms with Crippen molar-refractivity contribution in [3.63, 3.8) is 0 Å². The molecule has 0 radical (unpaired) electrons. The average molecular weight is 295 g/mol. The van der Waals surface area contributed by atoms with E-state index in [9.17, 15) is 0 Å². The second-order valence-corrected chi connectivity index (χ2v) is 7.33. The molecule has 0 aromatic carbocycles. The van der Waals surface area contributed by atoms with Gasteiger partial charge in [-0.3, -0.25) is 0 Å². The van der Waals surface area contributed by atoms with Gasteiger partial charge in [-0.05, 0) is 45.3 Å². The topological polar surface area (TPSA) is 15.3 Å². The van der Waals surface area contributed by atoms with Crippen LogP contribution in [0.4, 0.5) is 0 Å². The molecule has 1 saturated heterocycles. The van der Waals surface area contributed by atoms with Crippen molar-refractivity contribution >= 4 is 0 Å². The van der Waals surface area contributed by atoms with Crippen molar-refractivity contribution < 1.29 is 0 Å². The molecule has 0 aromatic rings. The Morgan fingerprint density at radius 2 is 1.10 bits per heavy atom. The number of hydrogen-bond donors (Lipinski definition) is 1. The highest BCUT2D eigenvalue weighted by Gasteiger charge is 2.20. The molecule has 1 aliphatic heterocycles. The molecule has 2 fully saturated rings. The Hall–Kier alpha value is -0.0800. The number of nitrogens with zero attached hydrogens (tertiary/aromatic N) is 1. The van der Waals surface area contributed by atoms with Crippen LogP contribution in [0.5, 0.6) is 0 Å². The molecule has 1 saturated carbocycles. The Morgan fingerprint density at radius 3 is 1.57 bits per heavy atom. The summed E-state index contributed by atoms with van der Waals surface area (Å²) in [6.07, 6.45) is 18.8. The van der Waals surface area contributed by atoms with Gasteiger partial charge in [-0.2, -0.15) is 0 Å². The van der Waals surface area contributed by atoms with Crippen molar-refractivity contribution in [2.24, 2.45) is 0 Å². The van der Waals surface area contributed by atoms with Gasteiger partial charge in [-0.25, -0.2) is 0 Å². The van der Waals surface area contributed by atoms with E-state index in [1.807, 2.05) is 0 Å². The van der Waals surface area contributed by atoms with Crippen LogP contribution >= 0.6 is 0 Å². The third-order valence-electron chi connectivity index (χ3n) is 5.61. The molecule has 1 N–H and O–H groups in total. The number of hydrogen-bond acceptors (Lipinski definition) is 2. The number of likely N-dealkylation sites (tertiary alicyclic amines) is 1. The Morgan fingerprint density at radius 1 is 0.667 bits per heavy atom. The Balaban J connectivity index is 1.70. The normalized spacial score (nSPS) is 26.1. The maximum atomic E-state index is 4.03. The Labute approximate surface area is 133 Å². The molecule has 0 atom stereocenters. The van der Waals surface area contributed by atoms with Gasteiger partial charge in [0.2, 0.25) is 0 Å². The number of rotatable bonds is 3. The first-order valence-corrected chi connectivity index (χ1v) is 9.87. The minimum Gasteiger partial charge on any atom is -0.311 e. The molecule has 2 heteroatoms. The lowest BCUT2D eigenvalue weighted by atomic mass is 9.96. The zero-order valence-electron chi connectivity index (χ0n) is 14.4. The van der Waals surface area contributed by atoms with Crippen molar-refractivity contribution in [3.05, 3.63) is 0 Å². The lowest BCUT2D eigenvalue weighted by molar-refractivity contribution is 0.194. The fraction of sp³-hybridized carbons (Fsp3) is 1.00. The minimum atomic E-state index is 0.797. The van der Waals surface area contributed by atoms with Crippen LogP contribution in [-0.4, -0.2) is 36.6 Å². The second-order valence-electron chi connectivity index (χ2n) is 7.33. The predicted molar refractivity (Wildman–Crippen MR) is 92.8 cm³/mol. The monoisotopic (exact) mass is 294 g/mol. The molecule has 2 nitrogen and oxygen atoms in total.